The Bertz CT molecular complexity index is 829. The smallest absolute Gasteiger partial charge is 0.335 e. The van der Waals surface area contributed by atoms with Crippen LogP contribution >= 0.6 is 0 Å². The van der Waals surface area contributed by atoms with Crippen molar-refractivity contribution in [3.05, 3.63) is 52.6 Å². The quantitative estimate of drug-likeness (QED) is 0.621. The first kappa shape index (κ1) is 19.3. The van der Waals surface area contributed by atoms with Gasteiger partial charge in [-0.3, -0.25) is 4.79 Å². The lowest BCUT2D eigenvalue weighted by molar-refractivity contribution is 0.0696. The SMILES string of the molecule is CCCc1c(NCc2ccc(C(=O)O)cc2OC)ccc(C(C)=O)c1O. The number of aromatic carboxylic acids is 1. The highest BCUT2D eigenvalue weighted by molar-refractivity contribution is 5.98. The number of carboxylic acid groups (broad SMARTS) is 1. The van der Waals surface area contributed by atoms with E-state index in [1.165, 1.54) is 26.2 Å². The number of methoxy groups -OCH3 is 1. The van der Waals surface area contributed by atoms with Crippen LogP contribution in [0.15, 0.2) is 30.3 Å². The van der Waals surface area contributed by atoms with Gasteiger partial charge in [-0.1, -0.05) is 19.4 Å². The van der Waals surface area contributed by atoms with Gasteiger partial charge in [-0.25, -0.2) is 4.79 Å². The van der Waals surface area contributed by atoms with Crippen molar-refractivity contribution in [2.75, 3.05) is 12.4 Å². The minimum atomic E-state index is -1.02. The molecule has 6 heteroatoms. The Balaban J connectivity index is 2.30. The van der Waals surface area contributed by atoms with E-state index in [2.05, 4.69) is 5.32 Å². The molecule has 0 aliphatic rings. The molecule has 0 radical (unpaired) electrons. The number of ketones is 1. The predicted octanol–water partition coefficient (Wildman–Crippen LogP) is 3.87. The minimum absolute atomic E-state index is 0.0116. The molecule has 0 spiro atoms. The number of benzene rings is 2. The molecule has 0 unspecified atom stereocenters. The van der Waals surface area contributed by atoms with E-state index in [0.29, 0.717) is 29.8 Å². The van der Waals surface area contributed by atoms with E-state index >= 15 is 0 Å². The van der Waals surface area contributed by atoms with Crippen molar-refractivity contribution in [1.82, 2.24) is 0 Å². The maximum absolute atomic E-state index is 11.6. The third-order valence-corrected chi connectivity index (χ3v) is 4.17. The summed E-state index contributed by atoms with van der Waals surface area (Å²) in [5.74, 6) is -0.716. The highest BCUT2D eigenvalue weighted by atomic mass is 16.5. The molecule has 138 valence electrons. The molecule has 2 aromatic carbocycles. The standard InChI is InChI=1S/C20H23NO5/c1-4-5-16-17(9-8-15(12(2)22)19(16)23)21-11-14-7-6-13(20(24)25)10-18(14)26-3/h6-10,21,23H,4-5,11H2,1-3H3,(H,24,25). The van der Waals surface area contributed by atoms with E-state index in [0.717, 1.165) is 17.7 Å². The largest absolute Gasteiger partial charge is 0.507 e. The van der Waals surface area contributed by atoms with Gasteiger partial charge in [0, 0.05) is 23.4 Å². The molecule has 0 amide bonds. The summed E-state index contributed by atoms with van der Waals surface area (Å²) in [6.45, 7) is 3.81. The Morgan fingerprint density at radius 2 is 1.92 bits per heavy atom. The summed E-state index contributed by atoms with van der Waals surface area (Å²) in [5.41, 5.74) is 2.68. The van der Waals surface area contributed by atoms with Crippen molar-refractivity contribution < 1.29 is 24.5 Å². The van der Waals surface area contributed by atoms with Gasteiger partial charge in [-0.2, -0.15) is 0 Å². The first-order valence-corrected chi connectivity index (χ1v) is 8.38. The number of carboxylic acids is 1. The molecule has 2 aromatic rings. The van der Waals surface area contributed by atoms with Gasteiger partial charge in [-0.15, -0.1) is 0 Å². The number of nitrogens with one attached hydrogen (secondary N) is 1. The fraction of sp³-hybridized carbons (Fsp3) is 0.300. The van der Waals surface area contributed by atoms with Crippen molar-refractivity contribution in [2.24, 2.45) is 0 Å². The van der Waals surface area contributed by atoms with Crippen molar-refractivity contribution >= 4 is 17.4 Å². The van der Waals surface area contributed by atoms with Gasteiger partial charge in [0.15, 0.2) is 5.78 Å². The molecule has 0 aliphatic carbocycles. The fourth-order valence-electron chi connectivity index (χ4n) is 2.80. The topological polar surface area (TPSA) is 95.9 Å². The van der Waals surface area contributed by atoms with Crippen molar-refractivity contribution in [3.63, 3.8) is 0 Å². The summed E-state index contributed by atoms with van der Waals surface area (Å²) in [6, 6.07) is 8.07. The number of hydrogen-bond acceptors (Lipinski definition) is 5. The molecule has 0 fully saturated rings. The van der Waals surface area contributed by atoms with Gasteiger partial charge < -0.3 is 20.3 Å². The van der Waals surface area contributed by atoms with Gasteiger partial charge in [0.2, 0.25) is 0 Å². The zero-order chi connectivity index (χ0) is 19.3. The molecule has 26 heavy (non-hydrogen) atoms. The number of hydrogen-bond donors (Lipinski definition) is 3. The second-order valence-electron chi connectivity index (χ2n) is 5.98. The zero-order valence-electron chi connectivity index (χ0n) is 15.1. The Morgan fingerprint density at radius 1 is 1.19 bits per heavy atom. The Morgan fingerprint density at radius 3 is 2.50 bits per heavy atom. The molecule has 0 aliphatic heterocycles. The molecule has 0 aromatic heterocycles. The van der Waals surface area contributed by atoms with Crippen LogP contribution < -0.4 is 10.1 Å². The monoisotopic (exact) mass is 357 g/mol. The second-order valence-corrected chi connectivity index (χ2v) is 5.98. The average molecular weight is 357 g/mol. The van der Waals surface area contributed by atoms with E-state index in [9.17, 15) is 14.7 Å². The molecule has 3 N–H and O–H groups in total. The summed E-state index contributed by atoms with van der Waals surface area (Å²) in [4.78, 5) is 22.7. The van der Waals surface area contributed by atoms with Crippen LogP contribution in [0.1, 0.15) is 52.1 Å². The fourth-order valence-corrected chi connectivity index (χ4v) is 2.80. The molecule has 0 saturated carbocycles. The van der Waals surface area contributed by atoms with Gasteiger partial charge >= 0.3 is 5.97 Å². The molecular weight excluding hydrogens is 334 g/mol. The normalized spacial score (nSPS) is 10.4. The Labute approximate surface area is 152 Å². The molecule has 6 nitrogen and oxygen atoms in total. The molecule has 0 atom stereocenters. The predicted molar refractivity (Wildman–Crippen MR) is 99.4 cm³/mol. The summed E-state index contributed by atoms with van der Waals surface area (Å²) in [5, 5.41) is 22.7. The van der Waals surface area contributed by atoms with Gasteiger partial charge in [0.05, 0.1) is 18.2 Å². The van der Waals surface area contributed by atoms with Crippen LogP contribution in [0.3, 0.4) is 0 Å². The number of Topliss-reactive ketones (excluding diaryl/α,β-unsaturated/α-hetero) is 1. The van der Waals surface area contributed by atoms with Gasteiger partial charge in [0.25, 0.3) is 0 Å². The van der Waals surface area contributed by atoms with Gasteiger partial charge in [0.1, 0.15) is 11.5 Å². The van der Waals surface area contributed by atoms with Crippen LogP contribution in [0.4, 0.5) is 5.69 Å². The van der Waals surface area contributed by atoms with Crippen LogP contribution in [0, 0.1) is 0 Å². The van der Waals surface area contributed by atoms with Crippen LogP contribution in [0.25, 0.3) is 0 Å². The number of carbonyl (C=O) groups excluding carboxylic acids is 1. The second kappa shape index (κ2) is 8.38. The highest BCUT2D eigenvalue weighted by Gasteiger charge is 2.15. The van der Waals surface area contributed by atoms with Crippen LogP contribution in [0.2, 0.25) is 0 Å². The molecule has 0 bridgehead atoms. The number of ether oxygens (including phenoxy) is 1. The van der Waals surface area contributed by atoms with Crippen molar-refractivity contribution in [3.8, 4) is 11.5 Å². The number of phenolic OH excluding ortho intramolecular Hbond substituents is 1. The lowest BCUT2D eigenvalue weighted by Crippen LogP contribution is -2.07. The van der Waals surface area contributed by atoms with Crippen LogP contribution in [-0.4, -0.2) is 29.1 Å². The lowest BCUT2D eigenvalue weighted by atomic mass is 10.00. The Kier molecular flexibility index (Phi) is 6.22. The third kappa shape index (κ3) is 4.14. The van der Waals surface area contributed by atoms with E-state index in [-0.39, 0.29) is 17.1 Å². The third-order valence-electron chi connectivity index (χ3n) is 4.17. The molecule has 0 saturated heterocycles. The number of anilines is 1. The van der Waals surface area contributed by atoms with E-state index in [1.54, 1.807) is 18.2 Å². The van der Waals surface area contributed by atoms with Gasteiger partial charge in [-0.05, 0) is 37.6 Å². The number of aromatic hydroxyl groups is 1. The van der Waals surface area contributed by atoms with E-state index in [4.69, 9.17) is 9.84 Å². The van der Waals surface area contributed by atoms with E-state index in [1.807, 2.05) is 6.92 Å². The van der Waals surface area contributed by atoms with Crippen LogP contribution in [-0.2, 0) is 13.0 Å². The zero-order valence-corrected chi connectivity index (χ0v) is 15.1. The van der Waals surface area contributed by atoms with Crippen LogP contribution in [0.5, 0.6) is 11.5 Å². The lowest BCUT2D eigenvalue weighted by Gasteiger charge is -2.16. The summed E-state index contributed by atoms with van der Waals surface area (Å²) in [7, 11) is 1.49. The van der Waals surface area contributed by atoms with E-state index < -0.39 is 5.97 Å². The summed E-state index contributed by atoms with van der Waals surface area (Å²) >= 11 is 0. The average Bonchev–Trinajstić information content (AvgIpc) is 2.61. The first-order chi connectivity index (χ1) is 12.4. The number of carbonyl (C=O) groups is 2. The Hall–Kier alpha value is -3.02. The summed E-state index contributed by atoms with van der Waals surface area (Å²) in [6.07, 6.45) is 1.45. The van der Waals surface area contributed by atoms with Crippen molar-refractivity contribution in [2.45, 2.75) is 33.2 Å². The van der Waals surface area contributed by atoms with Crippen molar-refractivity contribution in [1.29, 1.82) is 0 Å². The number of rotatable bonds is 8. The summed E-state index contributed by atoms with van der Waals surface area (Å²) < 4.78 is 5.28. The minimum Gasteiger partial charge on any atom is -0.507 e. The molecular formula is C20H23NO5. The molecule has 0 heterocycles. The maximum Gasteiger partial charge on any atom is 0.335 e. The highest BCUT2D eigenvalue weighted by Crippen LogP contribution is 2.32. The first-order valence-electron chi connectivity index (χ1n) is 8.38. The molecule has 2 rings (SSSR count). The number of phenols is 1. The maximum atomic E-state index is 11.6.